The quantitative estimate of drug-likeness (QED) is 0.933. The first-order valence-corrected chi connectivity index (χ1v) is 7.83. The van der Waals surface area contributed by atoms with Crippen molar-refractivity contribution in [2.45, 2.75) is 32.1 Å². The Labute approximate surface area is 130 Å². The molecule has 0 saturated carbocycles. The molecule has 0 unspecified atom stereocenters. The number of aliphatic carboxylic acids is 1. The van der Waals surface area contributed by atoms with Crippen molar-refractivity contribution in [3.63, 3.8) is 0 Å². The van der Waals surface area contributed by atoms with Gasteiger partial charge in [-0.2, -0.15) is 0 Å². The molecule has 4 heteroatoms. The van der Waals surface area contributed by atoms with Crippen molar-refractivity contribution in [3.05, 3.63) is 47.0 Å². The Morgan fingerprint density at radius 2 is 1.86 bits per heavy atom. The van der Waals surface area contributed by atoms with Crippen LogP contribution in [0.15, 0.2) is 41.5 Å². The fourth-order valence-corrected chi connectivity index (χ4v) is 3.63. The van der Waals surface area contributed by atoms with Crippen LogP contribution in [0.2, 0.25) is 0 Å². The number of benzene rings is 1. The Bertz CT molecular complexity index is 620. The van der Waals surface area contributed by atoms with Gasteiger partial charge in [0.05, 0.1) is 5.92 Å². The van der Waals surface area contributed by atoms with Gasteiger partial charge in [0.2, 0.25) is 5.91 Å². The van der Waals surface area contributed by atoms with E-state index in [2.05, 4.69) is 0 Å². The molecule has 116 valence electrons. The molecule has 0 bridgehead atoms. The Morgan fingerprint density at radius 3 is 2.45 bits per heavy atom. The van der Waals surface area contributed by atoms with Gasteiger partial charge in [-0.1, -0.05) is 35.9 Å². The van der Waals surface area contributed by atoms with Crippen LogP contribution in [0.1, 0.15) is 37.7 Å². The van der Waals surface area contributed by atoms with Crippen LogP contribution in [0.3, 0.4) is 0 Å². The normalized spacial score (nSPS) is 24.9. The third kappa shape index (κ3) is 2.65. The maximum Gasteiger partial charge on any atom is 0.308 e. The summed E-state index contributed by atoms with van der Waals surface area (Å²) in [7, 11) is 0. The predicted octanol–water partition coefficient (Wildman–Crippen LogP) is 2.81. The number of amides is 1. The molecule has 0 spiro atoms. The van der Waals surface area contributed by atoms with Gasteiger partial charge in [-0.25, -0.2) is 0 Å². The molecule has 1 aliphatic carbocycles. The number of carbonyl (C=O) groups is 2. The molecule has 1 aromatic rings. The summed E-state index contributed by atoms with van der Waals surface area (Å²) in [6.07, 6.45) is 2.85. The summed E-state index contributed by atoms with van der Waals surface area (Å²) in [6, 6.07) is 9.66. The van der Waals surface area contributed by atoms with E-state index in [0.29, 0.717) is 13.1 Å². The van der Waals surface area contributed by atoms with E-state index in [4.69, 9.17) is 0 Å². The van der Waals surface area contributed by atoms with Gasteiger partial charge in [-0.05, 0) is 31.7 Å². The summed E-state index contributed by atoms with van der Waals surface area (Å²) >= 11 is 0. The standard InChI is InChI=1S/C18H21NO3/c1-12-6-5-9-14(12)17(20)19-10-15(16(11-19)18(21)22)13-7-3-2-4-8-13/h2-4,7-8,15-16H,5-6,9-11H2,1H3,(H,21,22)/t15-,16-/m0/s1. The largest absolute Gasteiger partial charge is 0.481 e. The van der Waals surface area contributed by atoms with Crippen molar-refractivity contribution in [2.75, 3.05) is 13.1 Å². The summed E-state index contributed by atoms with van der Waals surface area (Å²) in [5, 5.41) is 9.51. The lowest BCUT2D eigenvalue weighted by atomic mass is 9.89. The maximum atomic E-state index is 12.7. The smallest absolute Gasteiger partial charge is 0.308 e. The lowest BCUT2D eigenvalue weighted by Crippen LogP contribution is -2.31. The highest BCUT2D eigenvalue weighted by Crippen LogP contribution is 2.35. The van der Waals surface area contributed by atoms with E-state index in [-0.39, 0.29) is 11.8 Å². The minimum atomic E-state index is -0.818. The Kier molecular flexibility index (Phi) is 4.01. The van der Waals surface area contributed by atoms with Gasteiger partial charge in [-0.15, -0.1) is 0 Å². The van der Waals surface area contributed by atoms with Crippen LogP contribution in [0.5, 0.6) is 0 Å². The van der Waals surface area contributed by atoms with E-state index < -0.39 is 11.9 Å². The summed E-state index contributed by atoms with van der Waals surface area (Å²) in [6.45, 7) is 2.82. The fourth-order valence-electron chi connectivity index (χ4n) is 3.63. The lowest BCUT2D eigenvalue weighted by molar-refractivity contribution is -0.141. The molecule has 22 heavy (non-hydrogen) atoms. The molecule has 3 rings (SSSR count). The van der Waals surface area contributed by atoms with E-state index in [9.17, 15) is 14.7 Å². The molecule has 4 nitrogen and oxygen atoms in total. The minimum Gasteiger partial charge on any atom is -0.481 e. The molecular weight excluding hydrogens is 278 g/mol. The number of carboxylic acid groups (broad SMARTS) is 1. The number of nitrogens with zero attached hydrogens (tertiary/aromatic N) is 1. The van der Waals surface area contributed by atoms with Crippen LogP contribution in [-0.2, 0) is 9.59 Å². The zero-order valence-electron chi connectivity index (χ0n) is 12.8. The number of allylic oxidation sites excluding steroid dienone is 1. The van der Waals surface area contributed by atoms with E-state index in [1.807, 2.05) is 37.3 Å². The van der Waals surface area contributed by atoms with Crippen LogP contribution in [0, 0.1) is 5.92 Å². The summed E-state index contributed by atoms with van der Waals surface area (Å²) in [5.74, 6) is -1.42. The van der Waals surface area contributed by atoms with E-state index in [1.165, 1.54) is 5.57 Å². The average Bonchev–Trinajstić information content (AvgIpc) is 3.14. The molecular formula is C18H21NO3. The molecule has 1 N–H and O–H groups in total. The minimum absolute atomic E-state index is 0.0414. The molecule has 0 aromatic heterocycles. The second kappa shape index (κ2) is 5.95. The van der Waals surface area contributed by atoms with Crippen molar-refractivity contribution >= 4 is 11.9 Å². The number of hydrogen-bond donors (Lipinski definition) is 1. The third-order valence-corrected chi connectivity index (χ3v) is 4.90. The first kappa shape index (κ1) is 14.8. The van der Waals surface area contributed by atoms with Crippen LogP contribution in [0.25, 0.3) is 0 Å². The van der Waals surface area contributed by atoms with Crippen molar-refractivity contribution in [2.24, 2.45) is 5.92 Å². The number of carboxylic acids is 1. The number of carbonyl (C=O) groups excluding carboxylic acids is 1. The maximum absolute atomic E-state index is 12.7. The summed E-state index contributed by atoms with van der Waals surface area (Å²) in [5.41, 5.74) is 3.07. The van der Waals surface area contributed by atoms with Gasteiger partial charge < -0.3 is 10.0 Å². The van der Waals surface area contributed by atoms with Gasteiger partial charge in [0.15, 0.2) is 0 Å². The average molecular weight is 299 g/mol. The molecule has 1 fully saturated rings. The van der Waals surface area contributed by atoms with E-state index >= 15 is 0 Å². The van der Waals surface area contributed by atoms with Crippen molar-refractivity contribution in [1.82, 2.24) is 4.90 Å². The van der Waals surface area contributed by atoms with Crippen LogP contribution in [-0.4, -0.2) is 35.0 Å². The third-order valence-electron chi connectivity index (χ3n) is 4.90. The molecule has 2 atom stereocenters. The Hall–Kier alpha value is -2.10. The molecule has 1 heterocycles. The van der Waals surface area contributed by atoms with Crippen LogP contribution in [0.4, 0.5) is 0 Å². The van der Waals surface area contributed by atoms with Crippen LogP contribution >= 0.6 is 0 Å². The van der Waals surface area contributed by atoms with Crippen molar-refractivity contribution in [1.29, 1.82) is 0 Å². The van der Waals surface area contributed by atoms with Crippen LogP contribution < -0.4 is 0 Å². The van der Waals surface area contributed by atoms with Gasteiger partial charge in [0.1, 0.15) is 0 Å². The highest BCUT2D eigenvalue weighted by molar-refractivity contribution is 5.95. The van der Waals surface area contributed by atoms with Crippen molar-refractivity contribution in [3.8, 4) is 0 Å². The van der Waals surface area contributed by atoms with E-state index in [1.54, 1.807) is 4.90 Å². The molecule has 1 aliphatic heterocycles. The fraction of sp³-hybridized carbons (Fsp3) is 0.444. The number of hydrogen-bond acceptors (Lipinski definition) is 2. The summed E-state index contributed by atoms with van der Waals surface area (Å²) < 4.78 is 0. The number of likely N-dealkylation sites (tertiary alicyclic amines) is 1. The van der Waals surface area contributed by atoms with Gasteiger partial charge >= 0.3 is 5.97 Å². The zero-order chi connectivity index (χ0) is 15.7. The molecule has 0 radical (unpaired) electrons. The monoisotopic (exact) mass is 299 g/mol. The second-order valence-electron chi connectivity index (χ2n) is 6.28. The first-order chi connectivity index (χ1) is 10.6. The van der Waals surface area contributed by atoms with Gasteiger partial charge in [-0.3, -0.25) is 9.59 Å². The summed E-state index contributed by atoms with van der Waals surface area (Å²) in [4.78, 5) is 26.0. The molecule has 1 amide bonds. The van der Waals surface area contributed by atoms with Crippen molar-refractivity contribution < 1.29 is 14.7 Å². The molecule has 1 saturated heterocycles. The zero-order valence-corrected chi connectivity index (χ0v) is 12.8. The SMILES string of the molecule is CC1=C(C(=O)N2C[C@H](C(=O)O)[C@H](c3ccccc3)C2)CCC1. The highest BCUT2D eigenvalue weighted by Gasteiger charge is 2.41. The van der Waals surface area contributed by atoms with E-state index in [0.717, 1.165) is 30.4 Å². The number of rotatable bonds is 3. The first-order valence-electron chi connectivity index (χ1n) is 7.83. The Balaban J connectivity index is 1.83. The molecule has 2 aliphatic rings. The highest BCUT2D eigenvalue weighted by atomic mass is 16.4. The Morgan fingerprint density at radius 1 is 1.14 bits per heavy atom. The molecule has 1 aromatic carbocycles. The van der Waals surface area contributed by atoms with Gasteiger partial charge in [0, 0.05) is 24.6 Å². The van der Waals surface area contributed by atoms with Gasteiger partial charge in [0.25, 0.3) is 0 Å². The topological polar surface area (TPSA) is 57.6 Å². The second-order valence-corrected chi connectivity index (χ2v) is 6.28. The lowest BCUT2D eigenvalue weighted by Gasteiger charge is -2.18. The predicted molar refractivity (Wildman–Crippen MR) is 83.4 cm³/mol.